The zero-order valence-corrected chi connectivity index (χ0v) is 23.1. The number of benzene rings is 2. The van der Waals surface area contributed by atoms with Crippen molar-refractivity contribution in [1.29, 1.82) is 0 Å². The molecule has 10 nitrogen and oxygen atoms in total. The summed E-state index contributed by atoms with van der Waals surface area (Å²) in [6, 6.07) is 17.1. The van der Waals surface area contributed by atoms with Gasteiger partial charge in [0.25, 0.3) is 0 Å². The number of aliphatic hydroxyl groups is 1. The molecule has 0 heterocycles. The molecule has 41 heavy (non-hydrogen) atoms. The minimum absolute atomic E-state index is 0.00632. The smallest absolute Gasteiger partial charge is 0.408 e. The van der Waals surface area contributed by atoms with Gasteiger partial charge in [-0.3, -0.25) is 9.59 Å². The van der Waals surface area contributed by atoms with E-state index in [1.54, 1.807) is 18.2 Å². The molecule has 220 valence electrons. The molecule has 3 unspecified atom stereocenters. The Labute approximate surface area is 240 Å². The van der Waals surface area contributed by atoms with Crippen LogP contribution in [0, 0.1) is 5.92 Å². The molecule has 2 aromatic rings. The van der Waals surface area contributed by atoms with Gasteiger partial charge >= 0.3 is 12.1 Å². The van der Waals surface area contributed by atoms with Gasteiger partial charge in [-0.05, 0) is 30.4 Å². The van der Waals surface area contributed by atoms with Crippen molar-refractivity contribution < 1.29 is 33.8 Å². The Hall–Kier alpha value is -4.44. The van der Waals surface area contributed by atoms with E-state index in [0.717, 1.165) is 11.1 Å². The van der Waals surface area contributed by atoms with Gasteiger partial charge in [-0.15, -0.1) is 13.2 Å². The number of hydrogen-bond acceptors (Lipinski definition) is 7. The van der Waals surface area contributed by atoms with Gasteiger partial charge in [-0.25, -0.2) is 9.59 Å². The molecule has 0 aromatic heterocycles. The number of hydrogen-bond donors (Lipinski definition) is 4. The van der Waals surface area contributed by atoms with Crippen LogP contribution in [0.25, 0.3) is 0 Å². The van der Waals surface area contributed by atoms with E-state index in [-0.39, 0.29) is 51.5 Å². The van der Waals surface area contributed by atoms with Gasteiger partial charge in [0.1, 0.15) is 19.3 Å². The Kier molecular flexibility index (Phi) is 15.0. The van der Waals surface area contributed by atoms with E-state index in [4.69, 9.17) is 9.47 Å². The van der Waals surface area contributed by atoms with Crippen LogP contribution in [0.5, 0.6) is 0 Å². The van der Waals surface area contributed by atoms with Gasteiger partial charge in [-0.2, -0.15) is 0 Å². The first-order valence-corrected chi connectivity index (χ1v) is 13.4. The molecule has 0 aliphatic rings. The van der Waals surface area contributed by atoms with E-state index in [1.165, 1.54) is 6.08 Å². The lowest BCUT2D eigenvalue weighted by molar-refractivity contribution is -0.146. The van der Waals surface area contributed by atoms with Crippen LogP contribution in [0.1, 0.15) is 30.4 Å². The second-order valence-electron chi connectivity index (χ2n) is 9.30. The van der Waals surface area contributed by atoms with Gasteiger partial charge in [0.15, 0.2) is 0 Å². The van der Waals surface area contributed by atoms with Crippen molar-refractivity contribution in [2.24, 2.45) is 5.92 Å². The standard InChI is InChI=1S/C31H39N3O7/c1-3-11-25(20-28(36)33-26(21-35)19-23-13-7-5-8-14-23)29(37)32-17-18-40-30(38)27(12-4-2)34-31(39)41-22-24-15-9-6-10-16-24/h3-10,13-16,25-27,35H,1-2,11-12,17-22H2,(H,32,37)(H,33,36)(H,34,39). The molecule has 0 saturated carbocycles. The molecule has 4 N–H and O–H groups in total. The summed E-state index contributed by atoms with van der Waals surface area (Å²) in [5, 5.41) is 17.6. The molecule has 0 radical (unpaired) electrons. The molecule has 2 aromatic carbocycles. The highest BCUT2D eigenvalue weighted by atomic mass is 16.6. The summed E-state index contributed by atoms with van der Waals surface area (Å²) in [6.45, 7) is 6.93. The first-order chi connectivity index (χ1) is 19.9. The van der Waals surface area contributed by atoms with E-state index >= 15 is 0 Å². The number of carbonyl (C=O) groups excluding carboxylic acids is 4. The summed E-state index contributed by atoms with van der Waals surface area (Å²) < 4.78 is 10.4. The minimum atomic E-state index is -1.00. The van der Waals surface area contributed by atoms with Gasteiger partial charge in [-0.1, -0.05) is 72.8 Å². The lowest BCUT2D eigenvalue weighted by Gasteiger charge is -2.20. The van der Waals surface area contributed by atoms with Crippen molar-refractivity contribution in [2.75, 3.05) is 19.8 Å². The second kappa shape index (κ2) is 18.8. The fourth-order valence-corrected chi connectivity index (χ4v) is 3.91. The average molecular weight is 566 g/mol. The van der Waals surface area contributed by atoms with Crippen molar-refractivity contribution in [3.05, 3.63) is 97.1 Å². The van der Waals surface area contributed by atoms with Crippen molar-refractivity contribution >= 4 is 23.9 Å². The first-order valence-electron chi connectivity index (χ1n) is 13.4. The highest BCUT2D eigenvalue weighted by Crippen LogP contribution is 2.11. The largest absolute Gasteiger partial charge is 0.462 e. The number of nitrogens with one attached hydrogen (secondary N) is 3. The average Bonchev–Trinajstić information content (AvgIpc) is 2.98. The Morgan fingerprint density at radius 1 is 0.854 bits per heavy atom. The van der Waals surface area contributed by atoms with Crippen LogP contribution in [-0.4, -0.2) is 60.8 Å². The number of ether oxygens (including phenoxy) is 2. The van der Waals surface area contributed by atoms with Crippen LogP contribution in [0.2, 0.25) is 0 Å². The van der Waals surface area contributed by atoms with Crippen molar-refractivity contribution in [2.45, 2.75) is 44.4 Å². The van der Waals surface area contributed by atoms with Crippen LogP contribution in [0.4, 0.5) is 4.79 Å². The maximum atomic E-state index is 12.7. The fourth-order valence-electron chi connectivity index (χ4n) is 3.91. The number of alkyl carbamates (subject to hydrolysis) is 1. The summed E-state index contributed by atoms with van der Waals surface area (Å²) in [6.07, 6.45) is 2.99. The maximum absolute atomic E-state index is 12.7. The highest BCUT2D eigenvalue weighted by molar-refractivity contribution is 5.86. The molecule has 2 rings (SSSR count). The third kappa shape index (κ3) is 13.0. The zero-order valence-electron chi connectivity index (χ0n) is 23.1. The summed E-state index contributed by atoms with van der Waals surface area (Å²) in [4.78, 5) is 50.0. The lowest BCUT2D eigenvalue weighted by Crippen LogP contribution is -2.43. The third-order valence-corrected chi connectivity index (χ3v) is 6.00. The fraction of sp³-hybridized carbons (Fsp3) is 0.355. The molecule has 0 saturated heterocycles. The van der Waals surface area contributed by atoms with Gasteiger partial charge in [0.05, 0.1) is 25.1 Å². The zero-order chi connectivity index (χ0) is 29.9. The Morgan fingerprint density at radius 3 is 2.10 bits per heavy atom. The Morgan fingerprint density at radius 2 is 1.49 bits per heavy atom. The predicted octanol–water partition coefficient (Wildman–Crippen LogP) is 2.82. The van der Waals surface area contributed by atoms with E-state index < -0.39 is 36.0 Å². The number of esters is 1. The maximum Gasteiger partial charge on any atom is 0.408 e. The third-order valence-electron chi connectivity index (χ3n) is 6.00. The predicted molar refractivity (Wildman–Crippen MR) is 154 cm³/mol. The number of rotatable bonds is 18. The van der Waals surface area contributed by atoms with E-state index in [2.05, 4.69) is 29.1 Å². The number of amides is 3. The molecule has 0 aliphatic heterocycles. The molecule has 0 bridgehead atoms. The molecule has 3 amide bonds. The quantitative estimate of drug-likeness (QED) is 0.124. The molecule has 0 spiro atoms. The van der Waals surface area contributed by atoms with Crippen LogP contribution >= 0.6 is 0 Å². The van der Waals surface area contributed by atoms with Gasteiger partial charge in [0, 0.05) is 6.42 Å². The molecule has 0 fully saturated rings. The Balaban J connectivity index is 1.76. The minimum Gasteiger partial charge on any atom is -0.462 e. The van der Waals surface area contributed by atoms with Crippen LogP contribution < -0.4 is 16.0 Å². The first kappa shape index (κ1) is 32.8. The van der Waals surface area contributed by atoms with Crippen LogP contribution in [-0.2, 0) is 36.9 Å². The van der Waals surface area contributed by atoms with Gasteiger partial charge in [0.2, 0.25) is 11.8 Å². The monoisotopic (exact) mass is 565 g/mol. The summed E-state index contributed by atoms with van der Waals surface area (Å²) in [5.41, 5.74) is 1.77. The van der Waals surface area contributed by atoms with E-state index in [1.807, 2.05) is 48.5 Å². The van der Waals surface area contributed by atoms with Crippen molar-refractivity contribution in [3.8, 4) is 0 Å². The summed E-state index contributed by atoms with van der Waals surface area (Å²) in [7, 11) is 0. The number of aliphatic hydroxyl groups excluding tert-OH is 1. The molecule has 3 atom stereocenters. The number of allylic oxidation sites excluding steroid dienone is 1. The highest BCUT2D eigenvalue weighted by Gasteiger charge is 2.24. The van der Waals surface area contributed by atoms with E-state index in [9.17, 15) is 24.3 Å². The van der Waals surface area contributed by atoms with Crippen LogP contribution in [0.15, 0.2) is 86.0 Å². The molecular weight excluding hydrogens is 526 g/mol. The SMILES string of the molecule is C=CCC(CC(=O)NC(CO)Cc1ccccc1)C(=O)NCCOC(=O)C(CC=C)NC(=O)OCc1ccccc1. The van der Waals surface area contributed by atoms with Crippen LogP contribution in [0.3, 0.4) is 0 Å². The number of carbonyl (C=O) groups is 4. The molecular formula is C31H39N3O7. The summed E-state index contributed by atoms with van der Waals surface area (Å²) >= 11 is 0. The topological polar surface area (TPSA) is 143 Å². The lowest BCUT2D eigenvalue weighted by atomic mass is 9.99. The normalized spacial score (nSPS) is 12.6. The molecule has 10 heteroatoms. The van der Waals surface area contributed by atoms with Gasteiger partial charge < -0.3 is 30.5 Å². The van der Waals surface area contributed by atoms with E-state index in [0.29, 0.717) is 6.42 Å². The van der Waals surface area contributed by atoms with Crippen molar-refractivity contribution in [3.63, 3.8) is 0 Å². The Bertz CT molecular complexity index is 1130. The molecule has 0 aliphatic carbocycles. The second-order valence-corrected chi connectivity index (χ2v) is 9.30. The summed E-state index contributed by atoms with van der Waals surface area (Å²) in [5.74, 6) is -2.16. The van der Waals surface area contributed by atoms with Crippen molar-refractivity contribution in [1.82, 2.24) is 16.0 Å².